The second kappa shape index (κ2) is 8.63. The van der Waals surface area contributed by atoms with E-state index >= 15 is 0 Å². The molecule has 1 unspecified atom stereocenters. The zero-order valence-corrected chi connectivity index (χ0v) is 13.2. The number of nitrogens with one attached hydrogen (secondary N) is 2. The Bertz CT molecular complexity index is 475. The summed E-state index contributed by atoms with van der Waals surface area (Å²) in [6.07, 6.45) is 4.88. The van der Waals surface area contributed by atoms with Crippen molar-refractivity contribution in [3.63, 3.8) is 0 Å². The van der Waals surface area contributed by atoms with Crippen LogP contribution in [0.1, 0.15) is 44.6 Å². The molecule has 0 aliphatic heterocycles. The molecule has 5 heteroatoms. The van der Waals surface area contributed by atoms with E-state index in [4.69, 9.17) is 4.74 Å². The highest BCUT2D eigenvalue weighted by molar-refractivity contribution is 5.73. The summed E-state index contributed by atoms with van der Waals surface area (Å²) < 4.78 is 5.93. The summed E-state index contributed by atoms with van der Waals surface area (Å²) in [5, 5.41) is 15.1. The second-order valence-electron chi connectivity index (χ2n) is 5.78. The molecule has 0 spiro atoms. The quantitative estimate of drug-likeness (QED) is 0.691. The summed E-state index contributed by atoms with van der Waals surface area (Å²) >= 11 is 0. The molecule has 2 amide bonds. The van der Waals surface area contributed by atoms with E-state index in [1.165, 1.54) is 6.42 Å². The zero-order valence-electron chi connectivity index (χ0n) is 13.2. The summed E-state index contributed by atoms with van der Waals surface area (Å²) in [6.45, 7) is 2.70. The van der Waals surface area contributed by atoms with Crippen molar-refractivity contribution in [2.24, 2.45) is 0 Å². The minimum Gasteiger partial charge on any atom is -0.490 e. The van der Waals surface area contributed by atoms with Crippen LogP contribution in [-0.2, 0) is 6.54 Å². The minimum absolute atomic E-state index is 0.270. The van der Waals surface area contributed by atoms with E-state index < -0.39 is 6.10 Å². The van der Waals surface area contributed by atoms with E-state index in [0.717, 1.165) is 30.6 Å². The molecule has 0 radical (unpaired) electrons. The Hall–Kier alpha value is -1.75. The molecule has 122 valence electrons. The molecule has 1 saturated carbocycles. The summed E-state index contributed by atoms with van der Waals surface area (Å²) in [5.74, 6) is 0.846. The average Bonchev–Trinajstić information content (AvgIpc) is 2.48. The Morgan fingerprint density at radius 3 is 2.82 bits per heavy atom. The van der Waals surface area contributed by atoms with Crippen LogP contribution in [0.25, 0.3) is 0 Å². The van der Waals surface area contributed by atoms with Crippen LogP contribution in [0.15, 0.2) is 24.3 Å². The van der Waals surface area contributed by atoms with E-state index in [-0.39, 0.29) is 12.6 Å². The summed E-state index contributed by atoms with van der Waals surface area (Å²) in [6, 6.07) is 7.51. The number of para-hydroxylation sites is 1. The first kappa shape index (κ1) is 16.6. The van der Waals surface area contributed by atoms with Crippen molar-refractivity contribution in [2.75, 3.05) is 6.54 Å². The number of urea groups is 1. The summed E-state index contributed by atoms with van der Waals surface area (Å²) in [4.78, 5) is 11.8. The Balaban J connectivity index is 1.76. The number of ether oxygens (including phenoxy) is 1. The van der Waals surface area contributed by atoms with E-state index in [1.807, 2.05) is 31.2 Å². The lowest BCUT2D eigenvalue weighted by Gasteiger charge is -2.27. The first-order chi connectivity index (χ1) is 10.7. The molecule has 1 fully saturated rings. The Morgan fingerprint density at radius 2 is 2.14 bits per heavy atom. The molecular weight excluding hydrogens is 280 g/mol. The third-order valence-corrected chi connectivity index (χ3v) is 3.88. The highest BCUT2D eigenvalue weighted by Crippen LogP contribution is 2.27. The van der Waals surface area contributed by atoms with Crippen LogP contribution in [0.4, 0.5) is 4.79 Å². The van der Waals surface area contributed by atoms with Crippen molar-refractivity contribution in [1.82, 2.24) is 10.6 Å². The molecule has 0 saturated heterocycles. The highest BCUT2D eigenvalue weighted by atomic mass is 16.5. The van der Waals surface area contributed by atoms with Gasteiger partial charge in [-0.3, -0.25) is 0 Å². The van der Waals surface area contributed by atoms with Crippen LogP contribution in [0.2, 0.25) is 0 Å². The van der Waals surface area contributed by atoms with Gasteiger partial charge in [-0.05, 0) is 31.7 Å². The Kier molecular flexibility index (Phi) is 6.52. The molecule has 0 heterocycles. The lowest BCUT2D eigenvalue weighted by molar-refractivity contribution is 0.119. The Morgan fingerprint density at radius 1 is 1.36 bits per heavy atom. The average molecular weight is 306 g/mol. The van der Waals surface area contributed by atoms with E-state index in [9.17, 15) is 9.90 Å². The van der Waals surface area contributed by atoms with E-state index in [1.54, 1.807) is 0 Å². The standard InChI is InChI=1S/C17H26N2O3/c1-2-6-14(20)12-19-17(21)18-11-13-7-3-4-10-16(13)22-15-8-5-9-15/h3-4,7,10,14-15,20H,2,5-6,8-9,11-12H2,1H3,(H2,18,19,21). The first-order valence-corrected chi connectivity index (χ1v) is 8.13. The van der Waals surface area contributed by atoms with E-state index in [0.29, 0.717) is 19.1 Å². The number of rotatable bonds is 8. The zero-order chi connectivity index (χ0) is 15.8. The van der Waals surface area contributed by atoms with Crippen molar-refractivity contribution in [1.29, 1.82) is 0 Å². The van der Waals surface area contributed by atoms with Crippen LogP contribution >= 0.6 is 0 Å². The van der Waals surface area contributed by atoms with Gasteiger partial charge in [-0.1, -0.05) is 31.5 Å². The van der Waals surface area contributed by atoms with Crippen molar-refractivity contribution < 1.29 is 14.6 Å². The third kappa shape index (κ3) is 5.22. The molecule has 2 rings (SSSR count). The molecule has 22 heavy (non-hydrogen) atoms. The first-order valence-electron chi connectivity index (χ1n) is 8.13. The molecule has 5 nitrogen and oxygen atoms in total. The third-order valence-electron chi connectivity index (χ3n) is 3.88. The molecule has 3 N–H and O–H groups in total. The fraction of sp³-hybridized carbons (Fsp3) is 0.588. The molecule has 0 bridgehead atoms. The number of aliphatic hydroxyl groups excluding tert-OH is 1. The monoisotopic (exact) mass is 306 g/mol. The van der Waals surface area contributed by atoms with Crippen molar-refractivity contribution in [3.05, 3.63) is 29.8 Å². The number of aliphatic hydroxyl groups is 1. The lowest BCUT2D eigenvalue weighted by Crippen LogP contribution is -2.39. The predicted octanol–water partition coefficient (Wildman–Crippen LogP) is 2.58. The van der Waals surface area contributed by atoms with Crippen LogP contribution in [-0.4, -0.2) is 29.9 Å². The van der Waals surface area contributed by atoms with E-state index in [2.05, 4.69) is 10.6 Å². The maximum absolute atomic E-state index is 11.8. The topological polar surface area (TPSA) is 70.6 Å². The normalized spacial score (nSPS) is 15.7. The molecule has 1 aromatic carbocycles. The van der Waals surface area contributed by atoms with Crippen LogP contribution in [0.3, 0.4) is 0 Å². The number of benzene rings is 1. The van der Waals surface area contributed by atoms with Gasteiger partial charge in [-0.25, -0.2) is 4.79 Å². The minimum atomic E-state index is -0.481. The van der Waals surface area contributed by atoms with Gasteiger partial charge in [-0.15, -0.1) is 0 Å². The largest absolute Gasteiger partial charge is 0.490 e. The van der Waals surface area contributed by atoms with Gasteiger partial charge in [0.1, 0.15) is 5.75 Å². The van der Waals surface area contributed by atoms with Crippen molar-refractivity contribution in [3.8, 4) is 5.75 Å². The van der Waals surface area contributed by atoms with Gasteiger partial charge in [0.2, 0.25) is 0 Å². The molecule has 1 aliphatic carbocycles. The smallest absolute Gasteiger partial charge is 0.315 e. The maximum Gasteiger partial charge on any atom is 0.315 e. The van der Waals surface area contributed by atoms with Gasteiger partial charge < -0.3 is 20.5 Å². The number of carbonyl (C=O) groups excluding carboxylic acids is 1. The number of carbonyl (C=O) groups is 1. The van der Waals surface area contributed by atoms with Gasteiger partial charge >= 0.3 is 6.03 Å². The van der Waals surface area contributed by atoms with Gasteiger partial charge in [0, 0.05) is 18.7 Å². The lowest BCUT2D eigenvalue weighted by atomic mass is 9.96. The predicted molar refractivity (Wildman–Crippen MR) is 85.9 cm³/mol. The fourth-order valence-corrected chi connectivity index (χ4v) is 2.32. The highest BCUT2D eigenvalue weighted by Gasteiger charge is 2.20. The SMILES string of the molecule is CCCC(O)CNC(=O)NCc1ccccc1OC1CCC1. The molecule has 1 atom stereocenters. The molecular formula is C17H26N2O3. The van der Waals surface area contributed by atoms with Gasteiger partial charge in [-0.2, -0.15) is 0 Å². The van der Waals surface area contributed by atoms with Gasteiger partial charge in [0.05, 0.1) is 12.2 Å². The Labute approximate surface area is 132 Å². The number of amides is 2. The van der Waals surface area contributed by atoms with Crippen LogP contribution < -0.4 is 15.4 Å². The number of hydrogen-bond donors (Lipinski definition) is 3. The molecule has 0 aromatic heterocycles. The summed E-state index contributed by atoms with van der Waals surface area (Å²) in [7, 11) is 0. The second-order valence-corrected chi connectivity index (χ2v) is 5.78. The van der Waals surface area contributed by atoms with Crippen molar-refractivity contribution >= 4 is 6.03 Å². The van der Waals surface area contributed by atoms with Gasteiger partial charge in [0.15, 0.2) is 0 Å². The summed E-state index contributed by atoms with van der Waals surface area (Å²) in [5.41, 5.74) is 0.971. The van der Waals surface area contributed by atoms with Crippen molar-refractivity contribution in [2.45, 2.75) is 57.8 Å². The van der Waals surface area contributed by atoms with Crippen LogP contribution in [0.5, 0.6) is 5.75 Å². The molecule has 1 aliphatic rings. The number of hydrogen-bond acceptors (Lipinski definition) is 3. The maximum atomic E-state index is 11.8. The molecule has 1 aromatic rings. The fourth-order valence-electron chi connectivity index (χ4n) is 2.32. The van der Waals surface area contributed by atoms with Gasteiger partial charge in [0.25, 0.3) is 0 Å². The van der Waals surface area contributed by atoms with Crippen LogP contribution in [0, 0.1) is 0 Å².